The molecule has 0 radical (unpaired) electrons. The van der Waals surface area contributed by atoms with Crippen molar-refractivity contribution in [3.05, 3.63) is 57.0 Å². The number of anilines is 1. The second-order valence-electron chi connectivity index (χ2n) is 7.62. The van der Waals surface area contributed by atoms with Crippen LogP contribution in [-0.4, -0.2) is 66.1 Å². The van der Waals surface area contributed by atoms with Crippen LogP contribution in [0.5, 0.6) is 0 Å². The highest BCUT2D eigenvalue weighted by atomic mass is 19.1. The van der Waals surface area contributed by atoms with E-state index < -0.39 is 11.6 Å². The Morgan fingerprint density at radius 2 is 1.82 bits per heavy atom. The van der Waals surface area contributed by atoms with Crippen molar-refractivity contribution in [1.29, 1.82) is 0 Å². The van der Waals surface area contributed by atoms with Gasteiger partial charge in [-0.1, -0.05) is 0 Å². The van der Waals surface area contributed by atoms with Crippen molar-refractivity contribution in [2.24, 2.45) is 0 Å². The molecular formula is C20H25F2N5O. The molecule has 1 aromatic heterocycles. The van der Waals surface area contributed by atoms with Crippen LogP contribution in [0.3, 0.4) is 0 Å². The van der Waals surface area contributed by atoms with E-state index in [1.54, 1.807) is 0 Å². The van der Waals surface area contributed by atoms with E-state index in [0.717, 1.165) is 44.0 Å². The number of nitrogens with one attached hydrogen (secondary N) is 1. The maximum absolute atomic E-state index is 14.0. The number of halogens is 2. The molecule has 6 nitrogen and oxygen atoms in total. The molecule has 0 saturated carbocycles. The zero-order valence-corrected chi connectivity index (χ0v) is 16.0. The number of rotatable bonds is 3. The summed E-state index contributed by atoms with van der Waals surface area (Å²) >= 11 is 0. The van der Waals surface area contributed by atoms with Crippen LogP contribution < -0.4 is 10.5 Å². The topological polar surface area (TPSA) is 55.5 Å². The van der Waals surface area contributed by atoms with E-state index >= 15 is 0 Å². The van der Waals surface area contributed by atoms with E-state index in [4.69, 9.17) is 4.98 Å². The van der Waals surface area contributed by atoms with Crippen molar-refractivity contribution in [3.63, 3.8) is 0 Å². The number of aromatic amines is 1. The number of H-pyrrole nitrogens is 1. The third kappa shape index (κ3) is 4.07. The summed E-state index contributed by atoms with van der Waals surface area (Å²) in [5.41, 5.74) is 1.78. The summed E-state index contributed by atoms with van der Waals surface area (Å²) < 4.78 is 27.4. The molecule has 1 saturated heterocycles. The highest BCUT2D eigenvalue weighted by Gasteiger charge is 2.22. The van der Waals surface area contributed by atoms with Crippen molar-refractivity contribution in [3.8, 4) is 0 Å². The normalized spacial score (nSPS) is 18.8. The summed E-state index contributed by atoms with van der Waals surface area (Å²) in [5.74, 6) is -0.206. The Kier molecular flexibility index (Phi) is 5.41. The summed E-state index contributed by atoms with van der Waals surface area (Å²) in [6.07, 6.45) is 1.18. The first-order valence-corrected chi connectivity index (χ1v) is 9.71. The van der Waals surface area contributed by atoms with E-state index in [1.807, 2.05) is 0 Å². The Morgan fingerprint density at radius 1 is 1.07 bits per heavy atom. The lowest BCUT2D eigenvalue weighted by Gasteiger charge is -2.32. The van der Waals surface area contributed by atoms with Crippen LogP contribution in [0.15, 0.2) is 23.0 Å². The number of hydrogen-bond donors (Lipinski definition) is 1. The van der Waals surface area contributed by atoms with Crippen LogP contribution in [-0.2, 0) is 19.4 Å². The molecule has 28 heavy (non-hydrogen) atoms. The van der Waals surface area contributed by atoms with E-state index in [1.165, 1.54) is 6.07 Å². The van der Waals surface area contributed by atoms with Crippen molar-refractivity contribution in [1.82, 2.24) is 19.8 Å². The molecule has 2 aliphatic heterocycles. The number of hydrogen-bond acceptors (Lipinski definition) is 5. The predicted molar refractivity (Wildman–Crippen MR) is 104 cm³/mol. The largest absolute Gasteiger partial charge is 0.340 e. The first-order valence-electron chi connectivity index (χ1n) is 9.71. The van der Waals surface area contributed by atoms with Gasteiger partial charge in [-0.25, -0.2) is 13.8 Å². The minimum absolute atomic E-state index is 0.0854. The highest BCUT2D eigenvalue weighted by Crippen LogP contribution is 2.18. The molecule has 0 aliphatic carbocycles. The van der Waals surface area contributed by atoms with Gasteiger partial charge < -0.3 is 9.80 Å². The molecular weight excluding hydrogens is 364 g/mol. The molecule has 4 rings (SSSR count). The maximum Gasteiger partial charge on any atom is 0.255 e. The quantitative estimate of drug-likeness (QED) is 0.860. The summed E-state index contributed by atoms with van der Waals surface area (Å²) in [6.45, 7) is 5.14. The maximum atomic E-state index is 14.0. The molecule has 0 bridgehead atoms. The van der Waals surface area contributed by atoms with E-state index in [0.29, 0.717) is 49.6 Å². The van der Waals surface area contributed by atoms with Gasteiger partial charge in [0.25, 0.3) is 5.56 Å². The molecule has 1 aromatic carbocycles. The second-order valence-corrected chi connectivity index (χ2v) is 7.62. The van der Waals surface area contributed by atoms with Gasteiger partial charge in [0.2, 0.25) is 5.95 Å². The standard InChI is InChI=1S/C20H25F2N5O/c1-25-8-10-27(11-9-25)20-23-18-5-7-26(6-4-16(18)19(28)24-20)13-14-12-15(21)2-3-17(14)22/h2-3,12H,4-11,13H2,1H3,(H,23,24,28). The van der Waals surface area contributed by atoms with Gasteiger partial charge in [0, 0.05) is 63.4 Å². The van der Waals surface area contributed by atoms with E-state index in [-0.39, 0.29) is 5.56 Å². The zero-order valence-electron chi connectivity index (χ0n) is 16.0. The van der Waals surface area contributed by atoms with Gasteiger partial charge in [-0.2, -0.15) is 0 Å². The van der Waals surface area contributed by atoms with Gasteiger partial charge in [0.1, 0.15) is 11.6 Å². The van der Waals surface area contributed by atoms with Crippen molar-refractivity contribution in [2.75, 3.05) is 51.2 Å². The number of piperazine rings is 1. The van der Waals surface area contributed by atoms with E-state index in [2.05, 4.69) is 26.7 Å². The minimum atomic E-state index is -0.440. The fourth-order valence-corrected chi connectivity index (χ4v) is 3.87. The van der Waals surface area contributed by atoms with E-state index in [9.17, 15) is 13.6 Å². The fraction of sp³-hybridized carbons (Fsp3) is 0.500. The highest BCUT2D eigenvalue weighted by molar-refractivity contribution is 5.35. The van der Waals surface area contributed by atoms with Crippen molar-refractivity contribution < 1.29 is 8.78 Å². The minimum Gasteiger partial charge on any atom is -0.340 e. The summed E-state index contributed by atoms with van der Waals surface area (Å²) in [5, 5.41) is 0. The van der Waals surface area contributed by atoms with Crippen molar-refractivity contribution >= 4 is 5.95 Å². The Hall–Kier alpha value is -2.32. The number of fused-ring (bicyclic) bond motifs is 1. The van der Waals surface area contributed by atoms with Gasteiger partial charge in [0.05, 0.1) is 5.69 Å². The first kappa shape index (κ1) is 19.0. The Bertz CT molecular complexity index is 908. The van der Waals surface area contributed by atoms with Crippen LogP contribution >= 0.6 is 0 Å². The Balaban J connectivity index is 1.50. The molecule has 0 amide bonds. The number of aromatic nitrogens is 2. The predicted octanol–water partition coefficient (Wildman–Crippen LogP) is 1.40. The molecule has 0 atom stereocenters. The lowest BCUT2D eigenvalue weighted by atomic mass is 10.1. The number of likely N-dealkylation sites (N-methyl/N-ethyl adjacent to an activating group) is 1. The summed E-state index contributed by atoms with van der Waals surface area (Å²) in [6, 6.07) is 3.52. The lowest BCUT2D eigenvalue weighted by Crippen LogP contribution is -2.45. The van der Waals surface area contributed by atoms with Crippen LogP contribution in [0.4, 0.5) is 14.7 Å². The van der Waals surface area contributed by atoms with Gasteiger partial charge in [-0.3, -0.25) is 14.7 Å². The van der Waals surface area contributed by atoms with Crippen LogP contribution in [0.25, 0.3) is 0 Å². The van der Waals surface area contributed by atoms with Gasteiger partial charge >= 0.3 is 0 Å². The lowest BCUT2D eigenvalue weighted by molar-refractivity contribution is 0.274. The molecule has 0 unspecified atom stereocenters. The summed E-state index contributed by atoms with van der Waals surface area (Å²) in [7, 11) is 2.08. The molecule has 1 fully saturated rings. The van der Waals surface area contributed by atoms with Crippen LogP contribution in [0.1, 0.15) is 16.8 Å². The van der Waals surface area contributed by atoms with Gasteiger partial charge in [-0.15, -0.1) is 0 Å². The second kappa shape index (κ2) is 7.97. The zero-order chi connectivity index (χ0) is 19.7. The molecule has 2 aromatic rings. The van der Waals surface area contributed by atoms with Gasteiger partial charge in [-0.05, 0) is 31.7 Å². The molecule has 3 heterocycles. The first-order chi connectivity index (χ1) is 13.5. The molecule has 0 spiro atoms. The third-order valence-corrected chi connectivity index (χ3v) is 5.64. The average molecular weight is 389 g/mol. The Labute approximate surface area is 162 Å². The fourth-order valence-electron chi connectivity index (χ4n) is 3.87. The number of benzene rings is 1. The van der Waals surface area contributed by atoms with Gasteiger partial charge in [0.15, 0.2) is 0 Å². The summed E-state index contributed by atoms with van der Waals surface area (Å²) in [4.78, 5) is 26.8. The van der Waals surface area contributed by atoms with Crippen LogP contribution in [0.2, 0.25) is 0 Å². The molecule has 2 aliphatic rings. The van der Waals surface area contributed by atoms with Crippen molar-refractivity contribution in [2.45, 2.75) is 19.4 Å². The average Bonchev–Trinajstić information content (AvgIpc) is 2.88. The van der Waals surface area contributed by atoms with Crippen LogP contribution in [0, 0.1) is 11.6 Å². The molecule has 1 N–H and O–H groups in total. The Morgan fingerprint density at radius 3 is 2.61 bits per heavy atom. The monoisotopic (exact) mass is 389 g/mol. The number of nitrogens with zero attached hydrogens (tertiary/aromatic N) is 4. The molecule has 8 heteroatoms. The third-order valence-electron chi connectivity index (χ3n) is 5.64. The SMILES string of the molecule is CN1CCN(c2nc3c(c(=O)[nH]2)CCN(Cc2cc(F)ccc2F)CC3)CC1. The smallest absolute Gasteiger partial charge is 0.255 e. The molecule has 150 valence electrons.